The second kappa shape index (κ2) is 3.94. The predicted molar refractivity (Wildman–Crippen MR) is 57.9 cm³/mol. The number of nitrogens with zero attached hydrogens (tertiary/aromatic N) is 3. The minimum atomic E-state index is -4.35. The van der Waals surface area contributed by atoms with Crippen molar-refractivity contribution in [2.24, 2.45) is 0 Å². The lowest BCUT2D eigenvalue weighted by Crippen LogP contribution is -2.17. The van der Waals surface area contributed by atoms with Gasteiger partial charge in [0.2, 0.25) is 0 Å². The lowest BCUT2D eigenvalue weighted by atomic mass is 10.3. The first kappa shape index (κ1) is 11.5. The summed E-state index contributed by atoms with van der Waals surface area (Å²) < 4.78 is 39.2. The van der Waals surface area contributed by atoms with Gasteiger partial charge in [-0.25, -0.2) is 0 Å². The Labute approximate surface area is 101 Å². The summed E-state index contributed by atoms with van der Waals surface area (Å²) in [5, 5.41) is 11.0. The smallest absolute Gasteiger partial charge is 0.307 e. The van der Waals surface area contributed by atoms with Crippen molar-refractivity contribution in [1.29, 1.82) is 0 Å². The third kappa shape index (κ3) is 2.17. The highest BCUT2D eigenvalue weighted by Crippen LogP contribution is 2.29. The van der Waals surface area contributed by atoms with Crippen LogP contribution in [0.1, 0.15) is 24.2 Å². The first-order valence-corrected chi connectivity index (χ1v) is 5.68. The van der Waals surface area contributed by atoms with Crippen LogP contribution in [0.25, 0.3) is 5.65 Å². The van der Waals surface area contributed by atoms with Gasteiger partial charge in [-0.1, -0.05) is 0 Å². The van der Waals surface area contributed by atoms with Crippen LogP contribution in [0.5, 0.6) is 0 Å². The fourth-order valence-corrected chi connectivity index (χ4v) is 1.75. The fraction of sp³-hybridized carbons (Fsp3) is 0.455. The number of nitrogens with one attached hydrogen (secondary N) is 1. The molecule has 2 heterocycles. The maximum atomic E-state index is 12.6. The minimum Gasteiger partial charge on any atom is -0.307 e. The summed E-state index contributed by atoms with van der Waals surface area (Å²) in [6.07, 6.45) is -1.08. The summed E-state index contributed by atoms with van der Waals surface area (Å²) in [6.45, 7) is 0.438. The van der Waals surface area contributed by atoms with E-state index < -0.39 is 11.7 Å². The number of fused-ring (bicyclic) bond motifs is 1. The molecule has 4 nitrogen and oxygen atoms in total. The molecule has 1 aliphatic rings. The molecule has 0 aromatic carbocycles. The normalized spacial score (nSPS) is 16.4. The van der Waals surface area contributed by atoms with Crippen LogP contribution in [0.2, 0.25) is 0 Å². The third-order valence-corrected chi connectivity index (χ3v) is 2.93. The van der Waals surface area contributed by atoms with Crippen molar-refractivity contribution in [2.45, 2.75) is 31.6 Å². The summed E-state index contributed by atoms with van der Waals surface area (Å²) in [5.74, 6) is 0.503. The van der Waals surface area contributed by atoms with Gasteiger partial charge >= 0.3 is 6.18 Å². The summed E-state index contributed by atoms with van der Waals surface area (Å²) in [4.78, 5) is 0. The van der Waals surface area contributed by atoms with Gasteiger partial charge in [-0.2, -0.15) is 13.2 Å². The van der Waals surface area contributed by atoms with Crippen molar-refractivity contribution in [1.82, 2.24) is 19.9 Å². The van der Waals surface area contributed by atoms with Crippen LogP contribution < -0.4 is 5.32 Å². The molecule has 18 heavy (non-hydrogen) atoms. The van der Waals surface area contributed by atoms with Crippen molar-refractivity contribution in [3.63, 3.8) is 0 Å². The van der Waals surface area contributed by atoms with Gasteiger partial charge in [-0.05, 0) is 25.0 Å². The van der Waals surface area contributed by atoms with Gasteiger partial charge in [0, 0.05) is 12.2 Å². The van der Waals surface area contributed by atoms with E-state index in [1.165, 1.54) is 10.5 Å². The van der Waals surface area contributed by atoms with Gasteiger partial charge in [0.1, 0.15) is 0 Å². The van der Waals surface area contributed by atoms with Crippen LogP contribution in [-0.2, 0) is 12.7 Å². The van der Waals surface area contributed by atoms with Crippen LogP contribution in [-0.4, -0.2) is 20.6 Å². The van der Waals surface area contributed by atoms with E-state index in [0.29, 0.717) is 24.1 Å². The van der Waals surface area contributed by atoms with E-state index in [1.54, 1.807) is 0 Å². The van der Waals surface area contributed by atoms with Crippen molar-refractivity contribution >= 4 is 5.65 Å². The molecule has 1 N–H and O–H groups in total. The standard InChI is InChI=1S/C11H11F3N4/c12-11(13,14)7-1-4-9-16-17-10(18(9)6-7)5-15-8-2-3-8/h1,4,6,8,15H,2-3,5H2. The zero-order valence-corrected chi connectivity index (χ0v) is 9.41. The molecule has 2 aromatic heterocycles. The Hall–Kier alpha value is -1.63. The highest BCUT2D eigenvalue weighted by atomic mass is 19.4. The molecule has 0 spiro atoms. The van der Waals surface area contributed by atoms with Gasteiger partial charge in [0.05, 0.1) is 12.1 Å². The number of alkyl halides is 3. The highest BCUT2D eigenvalue weighted by molar-refractivity contribution is 5.40. The molecular weight excluding hydrogens is 245 g/mol. The van der Waals surface area contributed by atoms with Gasteiger partial charge in [-0.3, -0.25) is 4.40 Å². The van der Waals surface area contributed by atoms with E-state index in [1.807, 2.05) is 0 Å². The average Bonchev–Trinajstić information content (AvgIpc) is 3.05. The molecule has 1 saturated carbocycles. The monoisotopic (exact) mass is 256 g/mol. The van der Waals surface area contributed by atoms with E-state index in [4.69, 9.17) is 0 Å². The van der Waals surface area contributed by atoms with Gasteiger partial charge in [0.25, 0.3) is 0 Å². The lowest BCUT2D eigenvalue weighted by Gasteiger charge is -2.07. The number of halogens is 3. The largest absolute Gasteiger partial charge is 0.417 e. The van der Waals surface area contributed by atoms with E-state index >= 15 is 0 Å². The van der Waals surface area contributed by atoms with Gasteiger partial charge in [-0.15, -0.1) is 10.2 Å². The molecule has 1 aliphatic carbocycles. The lowest BCUT2D eigenvalue weighted by molar-refractivity contribution is -0.137. The van der Waals surface area contributed by atoms with Gasteiger partial charge < -0.3 is 5.32 Å². The molecule has 96 valence electrons. The van der Waals surface area contributed by atoms with Crippen molar-refractivity contribution in [3.05, 3.63) is 29.7 Å². The molecule has 0 radical (unpaired) electrons. The fourth-order valence-electron chi connectivity index (χ4n) is 1.75. The molecule has 0 bridgehead atoms. The first-order valence-electron chi connectivity index (χ1n) is 5.68. The average molecular weight is 256 g/mol. The third-order valence-electron chi connectivity index (χ3n) is 2.93. The molecule has 3 rings (SSSR count). The predicted octanol–water partition coefficient (Wildman–Crippen LogP) is 2.00. The van der Waals surface area contributed by atoms with Crippen LogP contribution in [0.15, 0.2) is 18.3 Å². The molecule has 0 atom stereocenters. The molecule has 0 amide bonds. The molecule has 0 aliphatic heterocycles. The van der Waals surface area contributed by atoms with Crippen LogP contribution in [0, 0.1) is 0 Å². The number of rotatable bonds is 3. The van der Waals surface area contributed by atoms with Crippen LogP contribution >= 0.6 is 0 Å². The quantitative estimate of drug-likeness (QED) is 0.913. The maximum absolute atomic E-state index is 12.6. The number of hydrogen-bond donors (Lipinski definition) is 1. The molecule has 7 heteroatoms. The van der Waals surface area contributed by atoms with Gasteiger partial charge in [0.15, 0.2) is 11.5 Å². The molecule has 0 unspecified atom stereocenters. The molecule has 1 fully saturated rings. The summed E-state index contributed by atoms with van der Waals surface area (Å²) in [7, 11) is 0. The number of pyridine rings is 1. The minimum absolute atomic E-state index is 0.426. The zero-order chi connectivity index (χ0) is 12.8. The topological polar surface area (TPSA) is 42.2 Å². The van der Waals surface area contributed by atoms with E-state index in [-0.39, 0.29) is 0 Å². The van der Waals surface area contributed by atoms with Crippen LogP contribution in [0.4, 0.5) is 13.2 Å². The first-order chi connectivity index (χ1) is 8.54. The van der Waals surface area contributed by atoms with Crippen molar-refractivity contribution < 1.29 is 13.2 Å². The number of hydrogen-bond acceptors (Lipinski definition) is 3. The summed E-state index contributed by atoms with van der Waals surface area (Å²) in [6, 6.07) is 2.82. The molecule has 0 saturated heterocycles. The summed E-state index contributed by atoms with van der Waals surface area (Å²) in [5.41, 5.74) is -0.266. The second-order valence-corrected chi connectivity index (χ2v) is 4.42. The number of aromatic nitrogens is 3. The Balaban J connectivity index is 1.93. The molecule has 2 aromatic rings. The highest BCUT2D eigenvalue weighted by Gasteiger charge is 2.31. The Bertz CT molecular complexity index is 571. The maximum Gasteiger partial charge on any atom is 0.417 e. The van der Waals surface area contributed by atoms with E-state index in [9.17, 15) is 13.2 Å². The van der Waals surface area contributed by atoms with E-state index in [2.05, 4.69) is 15.5 Å². The second-order valence-electron chi connectivity index (χ2n) is 4.42. The Morgan fingerprint density at radius 2 is 2.06 bits per heavy atom. The van der Waals surface area contributed by atoms with Crippen LogP contribution in [0.3, 0.4) is 0 Å². The van der Waals surface area contributed by atoms with Crippen molar-refractivity contribution in [3.8, 4) is 0 Å². The Kier molecular flexibility index (Phi) is 2.51. The SMILES string of the molecule is FC(F)(F)c1ccc2nnc(CNC3CC3)n2c1. The van der Waals surface area contributed by atoms with Crippen molar-refractivity contribution in [2.75, 3.05) is 0 Å². The summed E-state index contributed by atoms with van der Waals surface area (Å²) >= 11 is 0. The molecular formula is C11H11F3N4. The zero-order valence-electron chi connectivity index (χ0n) is 9.41. The Morgan fingerprint density at radius 3 is 2.72 bits per heavy atom. The Morgan fingerprint density at radius 1 is 1.28 bits per heavy atom. The van der Waals surface area contributed by atoms with E-state index in [0.717, 1.165) is 25.1 Å².